The molecule has 1 aliphatic carbocycles. The zero-order chi connectivity index (χ0) is 13.1. The summed E-state index contributed by atoms with van der Waals surface area (Å²) in [7, 11) is 0. The molecule has 5 nitrogen and oxygen atoms in total. The third-order valence-electron chi connectivity index (χ3n) is 4.29. The van der Waals surface area contributed by atoms with Crippen LogP contribution in [0.1, 0.15) is 32.1 Å². The molecule has 2 heterocycles. The van der Waals surface area contributed by atoms with Gasteiger partial charge in [-0.15, -0.1) is 0 Å². The number of nitrogens with zero attached hydrogens (tertiary/aromatic N) is 3. The number of piperidine rings is 1. The second-order valence-electron chi connectivity index (χ2n) is 5.72. The maximum Gasteiger partial charge on any atom is 0.134 e. The Kier molecular flexibility index (Phi) is 3.82. The monoisotopic (exact) mass is 261 g/mol. The van der Waals surface area contributed by atoms with Crippen LogP contribution in [-0.2, 0) is 0 Å². The molecule has 0 bridgehead atoms. The van der Waals surface area contributed by atoms with Crippen LogP contribution in [0.15, 0.2) is 12.4 Å². The molecule has 1 saturated carbocycles. The van der Waals surface area contributed by atoms with Crippen molar-refractivity contribution in [3.05, 3.63) is 12.4 Å². The molecule has 19 heavy (non-hydrogen) atoms. The first-order valence-corrected chi connectivity index (χ1v) is 7.39. The lowest BCUT2D eigenvalue weighted by atomic mass is 9.93. The molecule has 1 aliphatic heterocycles. The van der Waals surface area contributed by atoms with E-state index in [1.54, 1.807) is 6.33 Å². The molecule has 5 heteroatoms. The highest BCUT2D eigenvalue weighted by Gasteiger charge is 2.21. The first-order chi connectivity index (χ1) is 9.35. The normalized spacial score (nSPS) is 24.1. The number of hydrogen-bond acceptors (Lipinski definition) is 5. The third-order valence-corrected chi connectivity index (χ3v) is 4.29. The lowest BCUT2D eigenvalue weighted by Crippen LogP contribution is -2.39. The topological polar surface area (TPSA) is 67.1 Å². The molecule has 0 spiro atoms. The fourth-order valence-corrected chi connectivity index (χ4v) is 2.83. The Morgan fingerprint density at radius 1 is 1.26 bits per heavy atom. The van der Waals surface area contributed by atoms with Gasteiger partial charge in [0.15, 0.2) is 0 Å². The Hall–Kier alpha value is -1.36. The van der Waals surface area contributed by atoms with E-state index in [-0.39, 0.29) is 0 Å². The molecule has 3 rings (SSSR count). The van der Waals surface area contributed by atoms with E-state index >= 15 is 0 Å². The Labute approximate surface area is 114 Å². The fourth-order valence-electron chi connectivity index (χ4n) is 2.83. The van der Waals surface area contributed by atoms with Gasteiger partial charge in [0.25, 0.3) is 0 Å². The minimum atomic E-state index is 0.603. The van der Waals surface area contributed by atoms with Gasteiger partial charge in [0.2, 0.25) is 0 Å². The average molecular weight is 261 g/mol. The Morgan fingerprint density at radius 3 is 2.89 bits per heavy atom. The summed E-state index contributed by atoms with van der Waals surface area (Å²) in [6, 6.07) is 2.69. The molecular weight excluding hydrogens is 238 g/mol. The van der Waals surface area contributed by atoms with Crippen molar-refractivity contribution in [1.29, 1.82) is 0 Å². The van der Waals surface area contributed by atoms with E-state index in [0.717, 1.165) is 31.3 Å². The number of aromatic nitrogens is 2. The summed E-state index contributed by atoms with van der Waals surface area (Å²) in [5.41, 5.74) is 5.79. The first kappa shape index (κ1) is 12.7. The summed E-state index contributed by atoms with van der Waals surface area (Å²) in [5.74, 6) is 2.60. The standard InChI is InChI=1S/C14H23N5/c15-8-11-3-2-6-19(9-11)14-7-13(16-10-17-14)18-12-4-1-5-12/h7,10-12H,1-6,8-9,15H2,(H,16,17,18). The number of hydrogen-bond donors (Lipinski definition) is 2. The quantitative estimate of drug-likeness (QED) is 0.862. The van der Waals surface area contributed by atoms with E-state index in [1.165, 1.54) is 32.1 Å². The summed E-state index contributed by atoms with van der Waals surface area (Å²) >= 11 is 0. The van der Waals surface area contributed by atoms with Gasteiger partial charge in [-0.25, -0.2) is 9.97 Å². The first-order valence-electron chi connectivity index (χ1n) is 7.39. The average Bonchev–Trinajstić information content (AvgIpc) is 2.43. The van der Waals surface area contributed by atoms with Crippen LogP contribution in [0.4, 0.5) is 11.6 Å². The summed E-state index contributed by atoms with van der Waals surface area (Å²) in [5, 5.41) is 3.48. The number of rotatable bonds is 4. The molecular formula is C14H23N5. The molecule has 1 unspecified atom stereocenters. The van der Waals surface area contributed by atoms with Crippen molar-refractivity contribution in [2.45, 2.75) is 38.1 Å². The third kappa shape index (κ3) is 2.97. The molecule has 0 aromatic carbocycles. The second-order valence-corrected chi connectivity index (χ2v) is 5.72. The van der Waals surface area contributed by atoms with E-state index < -0.39 is 0 Å². The molecule has 0 amide bonds. The van der Waals surface area contributed by atoms with Crippen molar-refractivity contribution in [3.63, 3.8) is 0 Å². The zero-order valence-electron chi connectivity index (χ0n) is 11.4. The van der Waals surface area contributed by atoms with Crippen LogP contribution in [0.5, 0.6) is 0 Å². The fraction of sp³-hybridized carbons (Fsp3) is 0.714. The van der Waals surface area contributed by atoms with Crippen LogP contribution in [0, 0.1) is 5.92 Å². The molecule has 1 saturated heterocycles. The van der Waals surface area contributed by atoms with E-state index in [2.05, 4.69) is 26.3 Å². The number of anilines is 2. The van der Waals surface area contributed by atoms with Crippen molar-refractivity contribution in [3.8, 4) is 0 Å². The summed E-state index contributed by atoms with van der Waals surface area (Å²) < 4.78 is 0. The van der Waals surface area contributed by atoms with Gasteiger partial charge in [-0.2, -0.15) is 0 Å². The van der Waals surface area contributed by atoms with Crippen LogP contribution in [0.25, 0.3) is 0 Å². The molecule has 2 aliphatic rings. The van der Waals surface area contributed by atoms with Crippen LogP contribution in [0.2, 0.25) is 0 Å². The Morgan fingerprint density at radius 2 is 2.16 bits per heavy atom. The van der Waals surface area contributed by atoms with E-state index in [0.29, 0.717) is 12.0 Å². The molecule has 104 valence electrons. The second kappa shape index (κ2) is 5.74. The summed E-state index contributed by atoms with van der Waals surface area (Å²) in [6.45, 7) is 2.88. The predicted molar refractivity (Wildman–Crippen MR) is 77.3 cm³/mol. The summed E-state index contributed by atoms with van der Waals surface area (Å²) in [4.78, 5) is 11.1. The van der Waals surface area contributed by atoms with Crippen molar-refractivity contribution in [2.24, 2.45) is 11.7 Å². The molecule has 2 fully saturated rings. The van der Waals surface area contributed by atoms with Gasteiger partial charge in [0, 0.05) is 25.2 Å². The van der Waals surface area contributed by atoms with Crippen molar-refractivity contribution < 1.29 is 0 Å². The highest BCUT2D eigenvalue weighted by Crippen LogP contribution is 2.25. The van der Waals surface area contributed by atoms with Crippen LogP contribution in [0.3, 0.4) is 0 Å². The molecule has 0 radical (unpaired) electrons. The Balaban J connectivity index is 1.67. The maximum atomic E-state index is 5.79. The minimum Gasteiger partial charge on any atom is -0.367 e. The molecule has 3 N–H and O–H groups in total. The van der Waals surface area contributed by atoms with Gasteiger partial charge >= 0.3 is 0 Å². The van der Waals surface area contributed by atoms with Gasteiger partial charge in [0.1, 0.15) is 18.0 Å². The van der Waals surface area contributed by atoms with Gasteiger partial charge in [-0.05, 0) is 44.6 Å². The highest BCUT2D eigenvalue weighted by molar-refractivity contribution is 5.49. The van der Waals surface area contributed by atoms with Crippen LogP contribution >= 0.6 is 0 Å². The number of nitrogens with two attached hydrogens (primary N) is 1. The molecule has 1 aromatic heterocycles. The van der Waals surface area contributed by atoms with Crippen molar-refractivity contribution in [1.82, 2.24) is 9.97 Å². The van der Waals surface area contributed by atoms with Crippen molar-refractivity contribution >= 4 is 11.6 Å². The summed E-state index contributed by atoms with van der Waals surface area (Å²) in [6.07, 6.45) is 7.97. The van der Waals surface area contributed by atoms with E-state index in [4.69, 9.17) is 5.73 Å². The lowest BCUT2D eigenvalue weighted by molar-refractivity contribution is 0.421. The highest BCUT2D eigenvalue weighted by atomic mass is 15.2. The van der Waals surface area contributed by atoms with Crippen LogP contribution in [-0.4, -0.2) is 35.6 Å². The van der Waals surface area contributed by atoms with Gasteiger partial charge in [-0.1, -0.05) is 0 Å². The van der Waals surface area contributed by atoms with Gasteiger partial charge in [0.05, 0.1) is 0 Å². The van der Waals surface area contributed by atoms with Crippen LogP contribution < -0.4 is 16.0 Å². The SMILES string of the molecule is NCC1CCCN(c2cc(NC3CCC3)ncn2)C1. The van der Waals surface area contributed by atoms with E-state index in [9.17, 15) is 0 Å². The van der Waals surface area contributed by atoms with Gasteiger partial charge in [-0.3, -0.25) is 0 Å². The largest absolute Gasteiger partial charge is 0.367 e. The van der Waals surface area contributed by atoms with Crippen molar-refractivity contribution in [2.75, 3.05) is 29.9 Å². The smallest absolute Gasteiger partial charge is 0.134 e. The maximum absolute atomic E-state index is 5.79. The molecule has 1 aromatic rings. The van der Waals surface area contributed by atoms with Gasteiger partial charge < -0.3 is 16.0 Å². The molecule has 1 atom stereocenters. The van der Waals surface area contributed by atoms with E-state index in [1.807, 2.05) is 0 Å². The lowest BCUT2D eigenvalue weighted by Gasteiger charge is -2.33. The minimum absolute atomic E-state index is 0.603. The predicted octanol–water partition coefficient (Wildman–Crippen LogP) is 1.62. The zero-order valence-corrected chi connectivity index (χ0v) is 11.4. The Bertz CT molecular complexity index is 418. The number of nitrogens with one attached hydrogen (secondary N) is 1.